The average molecular weight is 395 g/mol. The number of benzene rings is 2. The molecule has 0 atom stereocenters. The Morgan fingerprint density at radius 3 is 1.69 bits per heavy atom. The highest BCUT2D eigenvalue weighted by atomic mass is 16.7. The maximum absolute atomic E-state index is 12.8. The first-order chi connectivity index (χ1) is 14.0. The lowest BCUT2D eigenvalue weighted by Gasteiger charge is -2.13. The summed E-state index contributed by atoms with van der Waals surface area (Å²) in [4.78, 5) is 30.4. The quantitative estimate of drug-likeness (QED) is 0.553. The highest BCUT2D eigenvalue weighted by Crippen LogP contribution is 2.39. The summed E-state index contributed by atoms with van der Waals surface area (Å²) in [6.07, 6.45) is 3.25. The molecular formula is C22H21NO6. The molecule has 0 aromatic heterocycles. The SMILES string of the molecule is COc1cc(/C=C2/C(=O)N(OC)C(=O)/C2=C/c2ccccc2)cc(OC)c1OC. The number of hydrogen-bond donors (Lipinski definition) is 0. The van der Waals surface area contributed by atoms with E-state index in [4.69, 9.17) is 19.0 Å². The molecule has 0 aliphatic carbocycles. The molecule has 150 valence electrons. The van der Waals surface area contributed by atoms with Gasteiger partial charge in [-0.05, 0) is 35.4 Å². The van der Waals surface area contributed by atoms with Crippen molar-refractivity contribution in [2.75, 3.05) is 28.4 Å². The molecule has 2 amide bonds. The minimum absolute atomic E-state index is 0.204. The van der Waals surface area contributed by atoms with Crippen molar-refractivity contribution in [3.8, 4) is 17.2 Å². The van der Waals surface area contributed by atoms with Crippen LogP contribution in [0.1, 0.15) is 11.1 Å². The van der Waals surface area contributed by atoms with Crippen molar-refractivity contribution in [1.82, 2.24) is 5.06 Å². The van der Waals surface area contributed by atoms with Crippen molar-refractivity contribution < 1.29 is 28.6 Å². The molecule has 29 heavy (non-hydrogen) atoms. The van der Waals surface area contributed by atoms with Gasteiger partial charge in [-0.3, -0.25) is 14.4 Å². The van der Waals surface area contributed by atoms with Crippen molar-refractivity contribution >= 4 is 24.0 Å². The zero-order valence-corrected chi connectivity index (χ0v) is 16.6. The molecule has 0 saturated carbocycles. The van der Waals surface area contributed by atoms with E-state index in [2.05, 4.69) is 0 Å². The Bertz CT molecular complexity index is 969. The maximum Gasteiger partial charge on any atom is 0.285 e. The lowest BCUT2D eigenvalue weighted by atomic mass is 10.0. The Morgan fingerprint density at radius 1 is 0.724 bits per heavy atom. The van der Waals surface area contributed by atoms with Gasteiger partial charge >= 0.3 is 0 Å². The van der Waals surface area contributed by atoms with E-state index in [9.17, 15) is 9.59 Å². The number of rotatable bonds is 6. The molecule has 3 rings (SSSR count). The van der Waals surface area contributed by atoms with Gasteiger partial charge in [-0.1, -0.05) is 30.3 Å². The van der Waals surface area contributed by atoms with Crippen molar-refractivity contribution in [3.63, 3.8) is 0 Å². The third kappa shape index (κ3) is 3.86. The summed E-state index contributed by atoms with van der Waals surface area (Å²) in [6, 6.07) is 12.7. The molecule has 0 radical (unpaired) electrons. The second-order valence-corrected chi connectivity index (χ2v) is 6.07. The van der Waals surface area contributed by atoms with Crippen LogP contribution in [0.5, 0.6) is 17.2 Å². The fraction of sp³-hybridized carbons (Fsp3) is 0.182. The van der Waals surface area contributed by atoms with E-state index in [1.54, 1.807) is 24.3 Å². The van der Waals surface area contributed by atoms with Gasteiger partial charge < -0.3 is 14.2 Å². The third-order valence-electron chi connectivity index (χ3n) is 4.41. The van der Waals surface area contributed by atoms with E-state index in [1.807, 2.05) is 30.3 Å². The van der Waals surface area contributed by atoms with Gasteiger partial charge in [0.15, 0.2) is 11.5 Å². The number of carbonyl (C=O) groups is 2. The highest BCUT2D eigenvalue weighted by molar-refractivity contribution is 6.27. The second-order valence-electron chi connectivity index (χ2n) is 6.07. The molecule has 0 spiro atoms. The zero-order valence-electron chi connectivity index (χ0n) is 16.6. The largest absolute Gasteiger partial charge is 0.493 e. The van der Waals surface area contributed by atoms with Crippen molar-refractivity contribution in [2.45, 2.75) is 0 Å². The van der Waals surface area contributed by atoms with Crippen molar-refractivity contribution in [1.29, 1.82) is 0 Å². The summed E-state index contributed by atoms with van der Waals surface area (Å²) in [6.45, 7) is 0. The number of imide groups is 1. The third-order valence-corrected chi connectivity index (χ3v) is 4.41. The Labute approximate surface area is 168 Å². The summed E-state index contributed by atoms with van der Waals surface area (Å²) in [7, 11) is 5.80. The summed E-state index contributed by atoms with van der Waals surface area (Å²) in [5.41, 5.74) is 1.83. The Hall–Kier alpha value is -3.58. The van der Waals surface area contributed by atoms with Crippen LogP contribution in [-0.4, -0.2) is 45.3 Å². The minimum atomic E-state index is -0.548. The molecule has 0 N–H and O–H groups in total. The number of hydroxylamine groups is 2. The van der Waals surface area contributed by atoms with Gasteiger partial charge in [-0.2, -0.15) is 0 Å². The van der Waals surface area contributed by atoms with Crippen LogP contribution in [0.4, 0.5) is 0 Å². The normalized spacial score (nSPS) is 16.6. The minimum Gasteiger partial charge on any atom is -0.493 e. The standard InChI is InChI=1S/C22H21NO6/c1-26-18-12-15(13-19(27-2)20(18)28-3)11-17-16(10-14-8-6-5-7-9-14)21(24)23(29-4)22(17)25/h5-13H,1-4H3/b16-10+,17-11+. The zero-order chi connectivity index (χ0) is 21.0. The number of carbonyl (C=O) groups excluding carboxylic acids is 2. The topological polar surface area (TPSA) is 74.3 Å². The van der Waals surface area contributed by atoms with Gasteiger partial charge in [0.05, 0.1) is 39.6 Å². The number of methoxy groups -OCH3 is 3. The van der Waals surface area contributed by atoms with Gasteiger partial charge in [0, 0.05) is 0 Å². The van der Waals surface area contributed by atoms with Crippen LogP contribution in [0.25, 0.3) is 12.2 Å². The fourth-order valence-electron chi connectivity index (χ4n) is 3.05. The van der Waals surface area contributed by atoms with E-state index in [0.717, 1.165) is 10.6 Å². The van der Waals surface area contributed by atoms with Crippen LogP contribution in [0, 0.1) is 0 Å². The van der Waals surface area contributed by atoms with E-state index >= 15 is 0 Å². The molecular weight excluding hydrogens is 374 g/mol. The molecule has 1 fully saturated rings. The van der Waals surface area contributed by atoms with Crippen LogP contribution in [0.3, 0.4) is 0 Å². The smallest absolute Gasteiger partial charge is 0.285 e. The van der Waals surface area contributed by atoms with Gasteiger partial charge in [0.1, 0.15) is 0 Å². The monoisotopic (exact) mass is 395 g/mol. The van der Waals surface area contributed by atoms with E-state index in [1.165, 1.54) is 28.4 Å². The fourth-order valence-corrected chi connectivity index (χ4v) is 3.05. The first-order valence-corrected chi connectivity index (χ1v) is 8.75. The molecule has 2 aromatic carbocycles. The van der Waals surface area contributed by atoms with Crippen LogP contribution < -0.4 is 14.2 Å². The van der Waals surface area contributed by atoms with Gasteiger partial charge in [-0.15, -0.1) is 5.06 Å². The van der Waals surface area contributed by atoms with Crippen molar-refractivity contribution in [2.24, 2.45) is 0 Å². The Morgan fingerprint density at radius 2 is 1.24 bits per heavy atom. The first kappa shape index (κ1) is 20.2. The predicted octanol–water partition coefficient (Wildman–Crippen LogP) is 3.11. The first-order valence-electron chi connectivity index (χ1n) is 8.75. The van der Waals surface area contributed by atoms with Crippen LogP contribution in [-0.2, 0) is 14.4 Å². The molecule has 1 aliphatic rings. The Balaban J connectivity index is 2.15. The Kier molecular flexibility index (Phi) is 5.99. The van der Waals surface area contributed by atoms with Crippen LogP contribution in [0.2, 0.25) is 0 Å². The molecule has 7 heteroatoms. The molecule has 1 aliphatic heterocycles. The summed E-state index contributed by atoms with van der Waals surface area (Å²) in [5, 5.41) is 0.735. The van der Waals surface area contributed by atoms with Gasteiger partial charge in [0.25, 0.3) is 11.8 Å². The van der Waals surface area contributed by atoms with Crippen LogP contribution in [0.15, 0.2) is 53.6 Å². The predicted molar refractivity (Wildman–Crippen MR) is 107 cm³/mol. The summed E-state index contributed by atoms with van der Waals surface area (Å²) >= 11 is 0. The molecule has 2 aromatic rings. The van der Waals surface area contributed by atoms with Gasteiger partial charge in [-0.25, -0.2) is 0 Å². The molecule has 0 unspecified atom stereocenters. The summed E-state index contributed by atoms with van der Waals surface area (Å²) < 4.78 is 16.0. The van der Waals surface area contributed by atoms with E-state index < -0.39 is 11.8 Å². The lowest BCUT2D eigenvalue weighted by Crippen LogP contribution is -2.28. The highest BCUT2D eigenvalue weighted by Gasteiger charge is 2.39. The molecule has 7 nitrogen and oxygen atoms in total. The molecule has 1 heterocycles. The average Bonchev–Trinajstić information content (AvgIpc) is 2.97. The summed E-state index contributed by atoms with van der Waals surface area (Å²) in [5.74, 6) is 0.235. The maximum atomic E-state index is 12.8. The number of ether oxygens (including phenoxy) is 3. The van der Waals surface area contributed by atoms with E-state index in [-0.39, 0.29) is 11.1 Å². The van der Waals surface area contributed by atoms with Crippen LogP contribution >= 0.6 is 0 Å². The number of nitrogens with zero attached hydrogens (tertiary/aromatic N) is 1. The lowest BCUT2D eigenvalue weighted by molar-refractivity contribution is -0.177. The number of hydrogen-bond acceptors (Lipinski definition) is 6. The van der Waals surface area contributed by atoms with Crippen molar-refractivity contribution in [3.05, 3.63) is 64.7 Å². The van der Waals surface area contributed by atoms with Gasteiger partial charge in [0.2, 0.25) is 5.75 Å². The van der Waals surface area contributed by atoms with E-state index in [0.29, 0.717) is 22.8 Å². The molecule has 0 bridgehead atoms. The second kappa shape index (κ2) is 8.62. The molecule has 1 saturated heterocycles. The number of amides is 2.